The lowest BCUT2D eigenvalue weighted by Gasteiger charge is -2.56. The van der Waals surface area contributed by atoms with Gasteiger partial charge >= 0.3 is 0 Å². The number of rotatable bonds is 9. The Hall–Kier alpha value is -2.98. The zero-order valence-corrected chi connectivity index (χ0v) is 20.0. The molecule has 0 saturated heterocycles. The Kier molecular flexibility index (Phi) is 7.65. The number of alkyl halides is 2. The highest BCUT2D eigenvalue weighted by molar-refractivity contribution is 6.30. The van der Waals surface area contributed by atoms with Crippen LogP contribution in [0.3, 0.4) is 0 Å². The number of aliphatic hydroxyl groups is 1. The Labute approximate surface area is 210 Å². The SMILES string of the molecule is O=C(COc1ccc(C(F)F)cc1)NC12CCC(NC(=O)COc3ccc(Cl)c(F)c3)(CC1)[C@@H](O)C2. The number of nitrogens with one attached hydrogen (secondary N) is 2. The first-order valence-electron chi connectivity index (χ1n) is 11.5. The van der Waals surface area contributed by atoms with E-state index in [2.05, 4.69) is 10.6 Å². The first kappa shape index (κ1) is 26.1. The van der Waals surface area contributed by atoms with Crippen molar-refractivity contribution in [2.45, 2.75) is 55.7 Å². The number of benzene rings is 2. The maximum Gasteiger partial charge on any atom is 0.263 e. The van der Waals surface area contributed by atoms with Crippen molar-refractivity contribution in [2.24, 2.45) is 0 Å². The van der Waals surface area contributed by atoms with Crippen LogP contribution in [-0.4, -0.2) is 47.3 Å². The zero-order chi connectivity index (χ0) is 25.9. The fourth-order valence-corrected chi connectivity index (χ4v) is 5.00. The molecule has 7 nitrogen and oxygen atoms in total. The number of hydrogen-bond donors (Lipinski definition) is 3. The lowest BCUT2D eigenvalue weighted by molar-refractivity contribution is -0.137. The van der Waals surface area contributed by atoms with E-state index in [1.165, 1.54) is 36.4 Å². The Morgan fingerprint density at radius 3 is 2.14 bits per heavy atom. The molecule has 3 aliphatic rings. The standard InChI is InChI=1S/C25H26ClF3N2O5/c26-18-6-5-17(11-19(18)27)36-14-22(34)31-25-9-7-24(8-10-25,12-20(25)32)30-21(33)13-35-16-3-1-15(2-4-16)23(28)29/h1-6,11,20,23,32H,7-10,12-14H2,(H,30,33)(H,31,34)/t20-,24?,25?/m0/s1. The third-order valence-electron chi connectivity index (χ3n) is 6.88. The lowest BCUT2D eigenvalue weighted by Crippen LogP contribution is -2.70. The molecule has 0 heterocycles. The van der Waals surface area contributed by atoms with Crippen LogP contribution in [0.4, 0.5) is 13.2 Å². The van der Waals surface area contributed by atoms with Gasteiger partial charge in [0.05, 0.1) is 16.7 Å². The maximum atomic E-state index is 13.5. The van der Waals surface area contributed by atoms with Gasteiger partial charge in [0, 0.05) is 17.2 Å². The minimum Gasteiger partial charge on any atom is -0.484 e. The molecule has 0 unspecified atom stereocenters. The summed E-state index contributed by atoms with van der Waals surface area (Å²) in [6.45, 7) is -0.649. The van der Waals surface area contributed by atoms with Crippen LogP contribution in [0.25, 0.3) is 0 Å². The lowest BCUT2D eigenvalue weighted by atomic mass is 9.60. The fourth-order valence-electron chi connectivity index (χ4n) is 4.88. The van der Waals surface area contributed by atoms with E-state index in [4.69, 9.17) is 21.1 Å². The second-order valence-corrected chi connectivity index (χ2v) is 9.68. The minimum absolute atomic E-state index is 0.0520. The van der Waals surface area contributed by atoms with Gasteiger partial charge in [0.1, 0.15) is 17.3 Å². The van der Waals surface area contributed by atoms with Crippen LogP contribution in [0, 0.1) is 5.82 Å². The van der Waals surface area contributed by atoms with Crippen LogP contribution in [0.1, 0.15) is 44.1 Å². The first-order chi connectivity index (χ1) is 17.1. The molecule has 3 aliphatic carbocycles. The number of halogens is 4. The molecule has 3 fully saturated rings. The number of carbonyl (C=O) groups is 2. The van der Waals surface area contributed by atoms with Gasteiger partial charge in [0.15, 0.2) is 13.2 Å². The molecule has 2 aromatic carbocycles. The van der Waals surface area contributed by atoms with E-state index in [-0.39, 0.29) is 41.9 Å². The van der Waals surface area contributed by atoms with Crippen LogP contribution < -0.4 is 20.1 Å². The van der Waals surface area contributed by atoms with E-state index in [0.717, 1.165) is 6.07 Å². The fraction of sp³-hybridized carbons (Fsp3) is 0.440. The summed E-state index contributed by atoms with van der Waals surface area (Å²) >= 11 is 5.64. The summed E-state index contributed by atoms with van der Waals surface area (Å²) in [5, 5.41) is 16.6. The molecular weight excluding hydrogens is 501 g/mol. The van der Waals surface area contributed by atoms with Crippen LogP contribution in [0.15, 0.2) is 42.5 Å². The molecule has 11 heteroatoms. The van der Waals surface area contributed by atoms with Gasteiger partial charge in [-0.3, -0.25) is 9.59 Å². The number of aliphatic hydroxyl groups excluding tert-OH is 1. The van der Waals surface area contributed by atoms with E-state index in [1.807, 2.05) is 0 Å². The third-order valence-corrected chi connectivity index (χ3v) is 7.18. The van der Waals surface area contributed by atoms with Crippen LogP contribution in [-0.2, 0) is 9.59 Å². The number of hydrogen-bond acceptors (Lipinski definition) is 5. The summed E-state index contributed by atoms with van der Waals surface area (Å²) in [6.07, 6.45) is -1.23. The van der Waals surface area contributed by atoms with Gasteiger partial charge in [-0.2, -0.15) is 0 Å². The third kappa shape index (κ3) is 5.87. The highest BCUT2D eigenvalue weighted by Crippen LogP contribution is 2.47. The summed E-state index contributed by atoms with van der Waals surface area (Å²) < 4.78 is 49.6. The van der Waals surface area contributed by atoms with Gasteiger partial charge in [-0.1, -0.05) is 11.6 Å². The normalized spacial score (nSPS) is 24.9. The molecular formula is C25H26ClF3N2O5. The predicted molar refractivity (Wildman–Crippen MR) is 125 cm³/mol. The van der Waals surface area contributed by atoms with Crippen molar-refractivity contribution in [3.8, 4) is 11.5 Å². The van der Waals surface area contributed by atoms with Gasteiger partial charge in [-0.15, -0.1) is 0 Å². The van der Waals surface area contributed by atoms with Crippen molar-refractivity contribution in [1.29, 1.82) is 0 Å². The molecule has 3 saturated carbocycles. The predicted octanol–water partition coefficient (Wildman–Crippen LogP) is 3.92. The van der Waals surface area contributed by atoms with Crippen molar-refractivity contribution in [3.05, 3.63) is 58.9 Å². The van der Waals surface area contributed by atoms with Crippen molar-refractivity contribution < 1.29 is 37.3 Å². The Bertz CT molecular complexity index is 1110. The van der Waals surface area contributed by atoms with Gasteiger partial charge in [-0.05, 0) is 68.5 Å². The largest absolute Gasteiger partial charge is 0.484 e. The second-order valence-electron chi connectivity index (χ2n) is 9.28. The minimum atomic E-state index is -2.58. The van der Waals surface area contributed by atoms with Gasteiger partial charge in [-0.25, -0.2) is 13.2 Å². The molecule has 2 amide bonds. The number of ether oxygens (including phenoxy) is 2. The monoisotopic (exact) mass is 526 g/mol. The molecule has 36 heavy (non-hydrogen) atoms. The highest BCUT2D eigenvalue weighted by Gasteiger charge is 2.55. The smallest absolute Gasteiger partial charge is 0.263 e. The Morgan fingerprint density at radius 2 is 1.56 bits per heavy atom. The maximum absolute atomic E-state index is 13.5. The molecule has 0 aromatic heterocycles. The van der Waals surface area contributed by atoms with E-state index < -0.39 is 35.3 Å². The van der Waals surface area contributed by atoms with Gasteiger partial charge in [0.25, 0.3) is 18.2 Å². The van der Waals surface area contributed by atoms with Crippen molar-refractivity contribution in [2.75, 3.05) is 13.2 Å². The van der Waals surface area contributed by atoms with Gasteiger partial charge in [0.2, 0.25) is 0 Å². The number of fused-ring (bicyclic) bond motifs is 3. The Morgan fingerprint density at radius 1 is 0.972 bits per heavy atom. The molecule has 0 spiro atoms. The van der Waals surface area contributed by atoms with Gasteiger partial charge < -0.3 is 25.2 Å². The van der Waals surface area contributed by atoms with Crippen molar-refractivity contribution >= 4 is 23.4 Å². The summed E-state index contributed by atoms with van der Waals surface area (Å²) in [7, 11) is 0. The van der Waals surface area contributed by atoms with Crippen molar-refractivity contribution in [1.82, 2.24) is 10.6 Å². The number of amides is 2. The molecule has 0 radical (unpaired) electrons. The van der Waals surface area contributed by atoms with E-state index in [9.17, 15) is 27.9 Å². The van der Waals surface area contributed by atoms with Crippen LogP contribution in [0.5, 0.6) is 11.5 Å². The number of carbonyl (C=O) groups excluding carboxylic acids is 2. The molecule has 2 bridgehead atoms. The van der Waals surface area contributed by atoms with Crippen LogP contribution >= 0.6 is 11.6 Å². The second kappa shape index (κ2) is 10.6. The molecule has 1 atom stereocenters. The average Bonchev–Trinajstić information content (AvgIpc) is 2.85. The van der Waals surface area contributed by atoms with E-state index in [0.29, 0.717) is 31.4 Å². The molecule has 3 N–H and O–H groups in total. The summed E-state index contributed by atoms with van der Waals surface area (Å²) in [5.41, 5.74) is -1.59. The first-order valence-corrected chi connectivity index (χ1v) is 11.9. The molecule has 2 aromatic rings. The highest BCUT2D eigenvalue weighted by atomic mass is 35.5. The quantitative estimate of drug-likeness (QED) is 0.460. The van der Waals surface area contributed by atoms with Crippen molar-refractivity contribution in [3.63, 3.8) is 0 Å². The summed E-state index contributed by atoms with van der Waals surface area (Å²) in [6, 6.07) is 9.10. The van der Waals surface area contributed by atoms with E-state index in [1.54, 1.807) is 0 Å². The summed E-state index contributed by atoms with van der Waals surface area (Å²) in [4.78, 5) is 25.0. The molecule has 0 aliphatic heterocycles. The van der Waals surface area contributed by atoms with Crippen LogP contribution in [0.2, 0.25) is 5.02 Å². The Balaban J connectivity index is 1.26. The summed E-state index contributed by atoms with van der Waals surface area (Å²) in [5.74, 6) is -1.04. The van der Waals surface area contributed by atoms with E-state index >= 15 is 0 Å². The average molecular weight is 527 g/mol. The zero-order valence-electron chi connectivity index (χ0n) is 19.2. The molecule has 5 rings (SSSR count). The topological polar surface area (TPSA) is 96.9 Å². The molecule has 194 valence electrons.